The molecule has 7 heteroatoms. The second kappa shape index (κ2) is 5.31. The first-order valence-electron chi connectivity index (χ1n) is 6.87. The highest BCUT2D eigenvalue weighted by Gasteiger charge is 2.29. The molecule has 1 atom stereocenters. The molecule has 1 unspecified atom stereocenters. The highest BCUT2D eigenvalue weighted by molar-refractivity contribution is 9.10. The molecule has 0 bridgehead atoms. The molecule has 1 aromatic rings. The van der Waals surface area contributed by atoms with Gasteiger partial charge in [-0.2, -0.15) is 0 Å². The van der Waals surface area contributed by atoms with E-state index >= 15 is 0 Å². The Balaban J connectivity index is 1.83. The third-order valence-electron chi connectivity index (χ3n) is 4.06. The lowest BCUT2D eigenvalue weighted by Gasteiger charge is -2.36. The minimum Gasteiger partial charge on any atom is -0.367 e. The lowest BCUT2D eigenvalue weighted by molar-refractivity contribution is -0.129. The number of halogens is 1. The van der Waals surface area contributed by atoms with Gasteiger partial charge in [-0.1, -0.05) is 0 Å². The van der Waals surface area contributed by atoms with Gasteiger partial charge < -0.3 is 20.9 Å². The van der Waals surface area contributed by atoms with Gasteiger partial charge in [0, 0.05) is 48.8 Å². The molecule has 6 nitrogen and oxygen atoms in total. The Morgan fingerprint density at radius 1 is 1.33 bits per heavy atom. The van der Waals surface area contributed by atoms with Crippen LogP contribution >= 0.6 is 15.9 Å². The van der Waals surface area contributed by atoms with E-state index in [-0.39, 0.29) is 11.8 Å². The topological polar surface area (TPSA) is 78.7 Å². The van der Waals surface area contributed by atoms with Crippen molar-refractivity contribution in [2.75, 3.05) is 36.4 Å². The fourth-order valence-corrected chi connectivity index (χ4v) is 3.41. The van der Waals surface area contributed by atoms with Crippen LogP contribution in [0.2, 0.25) is 0 Å². The van der Waals surface area contributed by atoms with E-state index in [1.165, 1.54) is 0 Å². The van der Waals surface area contributed by atoms with Crippen molar-refractivity contribution in [1.29, 1.82) is 0 Å². The molecule has 3 N–H and O–H groups in total. The van der Waals surface area contributed by atoms with E-state index in [1.54, 1.807) is 6.92 Å². The number of fused-ring (bicyclic) bond motifs is 1. The summed E-state index contributed by atoms with van der Waals surface area (Å²) >= 11 is 3.56. The standard InChI is InChI=1S/C14H17BrN4O2/c1-8(20)18-2-4-19(5-3-18)12-7-11-9(6-10(12)15)13(16)14(21)17-11/h6-7,13H,2-5,16H2,1H3,(H,17,21). The number of piperazine rings is 1. The molecule has 0 saturated carbocycles. The molecule has 21 heavy (non-hydrogen) atoms. The Labute approximate surface area is 131 Å². The Bertz CT molecular complexity index is 611. The van der Waals surface area contributed by atoms with Crippen molar-refractivity contribution in [2.24, 2.45) is 5.73 Å². The lowest BCUT2D eigenvalue weighted by atomic mass is 10.1. The number of amides is 2. The molecule has 0 aromatic heterocycles. The molecule has 112 valence electrons. The Morgan fingerprint density at radius 3 is 2.62 bits per heavy atom. The highest BCUT2D eigenvalue weighted by Crippen LogP contribution is 2.38. The van der Waals surface area contributed by atoms with Gasteiger partial charge in [0.1, 0.15) is 6.04 Å². The van der Waals surface area contributed by atoms with Crippen molar-refractivity contribution in [3.63, 3.8) is 0 Å². The molecular formula is C14H17BrN4O2. The molecule has 0 aliphatic carbocycles. The predicted molar refractivity (Wildman–Crippen MR) is 84.2 cm³/mol. The first-order chi connectivity index (χ1) is 9.97. The molecule has 2 aliphatic heterocycles. The largest absolute Gasteiger partial charge is 0.367 e. The number of nitrogens with zero attached hydrogens (tertiary/aromatic N) is 2. The number of hydrogen-bond acceptors (Lipinski definition) is 4. The summed E-state index contributed by atoms with van der Waals surface area (Å²) in [5.74, 6) is -0.0589. The second-order valence-electron chi connectivity index (χ2n) is 5.35. The minimum absolute atomic E-state index is 0.112. The van der Waals surface area contributed by atoms with Crippen LogP contribution in [0.1, 0.15) is 18.5 Å². The van der Waals surface area contributed by atoms with Gasteiger partial charge in [-0.3, -0.25) is 9.59 Å². The SMILES string of the molecule is CC(=O)N1CCN(c2cc3c(cc2Br)C(N)C(=O)N3)CC1. The fraction of sp³-hybridized carbons (Fsp3) is 0.429. The molecule has 0 radical (unpaired) electrons. The molecule has 2 amide bonds. The normalized spacial score (nSPS) is 21.3. The van der Waals surface area contributed by atoms with E-state index in [0.717, 1.165) is 34.5 Å². The van der Waals surface area contributed by atoms with Crippen molar-refractivity contribution >= 4 is 39.1 Å². The van der Waals surface area contributed by atoms with E-state index in [9.17, 15) is 9.59 Å². The summed E-state index contributed by atoms with van der Waals surface area (Å²) in [5, 5.41) is 2.80. The van der Waals surface area contributed by atoms with Crippen molar-refractivity contribution in [3.8, 4) is 0 Å². The molecule has 0 spiro atoms. The number of rotatable bonds is 1. The smallest absolute Gasteiger partial charge is 0.245 e. The maximum absolute atomic E-state index is 11.6. The third kappa shape index (κ3) is 2.51. The Morgan fingerprint density at radius 2 is 2.00 bits per heavy atom. The average molecular weight is 353 g/mol. The number of benzene rings is 1. The first kappa shape index (κ1) is 14.3. The van der Waals surface area contributed by atoms with Crippen LogP contribution in [0.25, 0.3) is 0 Å². The summed E-state index contributed by atoms with van der Waals surface area (Å²) in [7, 11) is 0. The number of anilines is 2. The van der Waals surface area contributed by atoms with Crippen LogP contribution in [0, 0.1) is 0 Å². The molecule has 3 rings (SSSR count). The predicted octanol–water partition coefficient (Wildman–Crippen LogP) is 1.07. The van der Waals surface area contributed by atoms with Gasteiger partial charge in [0.05, 0.1) is 5.69 Å². The van der Waals surface area contributed by atoms with Crippen molar-refractivity contribution in [2.45, 2.75) is 13.0 Å². The second-order valence-corrected chi connectivity index (χ2v) is 6.21. The summed E-state index contributed by atoms with van der Waals surface area (Å²) < 4.78 is 0.921. The van der Waals surface area contributed by atoms with Crippen LogP contribution in [0.4, 0.5) is 11.4 Å². The van der Waals surface area contributed by atoms with E-state index in [0.29, 0.717) is 13.1 Å². The van der Waals surface area contributed by atoms with Crippen LogP contribution in [0.15, 0.2) is 16.6 Å². The zero-order valence-corrected chi connectivity index (χ0v) is 13.3. The zero-order chi connectivity index (χ0) is 15.1. The van der Waals surface area contributed by atoms with E-state index in [1.807, 2.05) is 17.0 Å². The molecule has 2 heterocycles. The zero-order valence-electron chi connectivity index (χ0n) is 11.7. The maximum Gasteiger partial charge on any atom is 0.245 e. The van der Waals surface area contributed by atoms with Gasteiger partial charge in [0.25, 0.3) is 0 Å². The summed E-state index contributed by atoms with van der Waals surface area (Å²) in [5.41, 5.74) is 8.46. The van der Waals surface area contributed by atoms with Gasteiger partial charge in [-0.05, 0) is 28.1 Å². The summed E-state index contributed by atoms with van der Waals surface area (Å²) in [4.78, 5) is 27.1. The quantitative estimate of drug-likeness (QED) is 0.792. The highest BCUT2D eigenvalue weighted by atomic mass is 79.9. The van der Waals surface area contributed by atoms with Gasteiger partial charge in [-0.25, -0.2) is 0 Å². The monoisotopic (exact) mass is 352 g/mol. The van der Waals surface area contributed by atoms with Crippen LogP contribution < -0.4 is 16.0 Å². The lowest BCUT2D eigenvalue weighted by Crippen LogP contribution is -2.48. The van der Waals surface area contributed by atoms with Crippen LogP contribution in [0.3, 0.4) is 0 Å². The molecule has 1 aromatic carbocycles. The van der Waals surface area contributed by atoms with E-state index < -0.39 is 6.04 Å². The van der Waals surface area contributed by atoms with Gasteiger partial charge >= 0.3 is 0 Å². The van der Waals surface area contributed by atoms with E-state index in [4.69, 9.17) is 5.73 Å². The number of carbonyl (C=O) groups excluding carboxylic acids is 2. The summed E-state index contributed by atoms with van der Waals surface area (Å²) in [6, 6.07) is 3.26. The number of nitrogens with two attached hydrogens (primary N) is 1. The third-order valence-corrected chi connectivity index (χ3v) is 4.70. The molecule has 2 aliphatic rings. The summed E-state index contributed by atoms with van der Waals surface area (Å²) in [6.45, 7) is 4.57. The number of carbonyl (C=O) groups is 2. The Hall–Kier alpha value is -1.60. The van der Waals surface area contributed by atoms with Crippen LogP contribution in [-0.4, -0.2) is 42.9 Å². The van der Waals surface area contributed by atoms with Crippen LogP contribution in [-0.2, 0) is 9.59 Å². The molecule has 1 fully saturated rings. The Kier molecular flexibility index (Phi) is 3.62. The van der Waals surface area contributed by atoms with Crippen LogP contribution in [0.5, 0.6) is 0 Å². The average Bonchev–Trinajstić information content (AvgIpc) is 2.73. The van der Waals surface area contributed by atoms with Crippen molar-refractivity contribution in [1.82, 2.24) is 4.90 Å². The minimum atomic E-state index is -0.597. The van der Waals surface area contributed by atoms with Crippen molar-refractivity contribution < 1.29 is 9.59 Å². The van der Waals surface area contributed by atoms with Crippen molar-refractivity contribution in [3.05, 3.63) is 22.2 Å². The number of nitrogens with one attached hydrogen (secondary N) is 1. The van der Waals surface area contributed by atoms with E-state index in [2.05, 4.69) is 26.1 Å². The van der Waals surface area contributed by atoms with Gasteiger partial charge in [0.2, 0.25) is 11.8 Å². The molecular weight excluding hydrogens is 336 g/mol. The first-order valence-corrected chi connectivity index (χ1v) is 7.67. The van der Waals surface area contributed by atoms with Gasteiger partial charge in [0.15, 0.2) is 0 Å². The number of hydrogen-bond donors (Lipinski definition) is 2. The van der Waals surface area contributed by atoms with Gasteiger partial charge in [-0.15, -0.1) is 0 Å². The fourth-order valence-electron chi connectivity index (χ4n) is 2.80. The summed E-state index contributed by atoms with van der Waals surface area (Å²) in [6.07, 6.45) is 0. The molecule has 1 saturated heterocycles. The maximum atomic E-state index is 11.6.